The fourth-order valence-electron chi connectivity index (χ4n) is 3.28. The number of hydrogen-bond donors (Lipinski definition) is 0. The van der Waals surface area contributed by atoms with Crippen LogP contribution in [0.1, 0.15) is 38.7 Å². The zero-order valence-electron chi connectivity index (χ0n) is 16.9. The van der Waals surface area contributed by atoms with Crippen molar-refractivity contribution in [2.24, 2.45) is 5.16 Å². The number of hydrogen-bond acceptors (Lipinski definition) is 5. The van der Waals surface area contributed by atoms with E-state index < -0.39 is 5.54 Å². The van der Waals surface area contributed by atoms with Crippen LogP contribution >= 0.6 is 23.4 Å². The maximum atomic E-state index is 12.7. The first kappa shape index (κ1) is 21.9. The first-order valence-corrected chi connectivity index (χ1v) is 11.3. The van der Waals surface area contributed by atoms with Gasteiger partial charge in [-0.15, -0.1) is 11.8 Å². The number of likely N-dealkylation sites (tertiary alicyclic amines) is 1. The molecule has 154 valence electrons. The molecule has 0 N–H and O–H groups in total. The summed E-state index contributed by atoms with van der Waals surface area (Å²) >= 11 is 7.67. The lowest BCUT2D eigenvalue weighted by molar-refractivity contribution is -0.155. The van der Waals surface area contributed by atoms with Crippen molar-refractivity contribution in [3.05, 3.63) is 65.2 Å². The smallest absolute Gasteiger partial charge is 0.316 e. The molecule has 0 unspecified atom stereocenters. The molecule has 0 saturated carbocycles. The predicted octanol–water partition coefficient (Wildman–Crippen LogP) is 5.64. The minimum atomic E-state index is -0.667. The quantitative estimate of drug-likeness (QED) is 0.235. The van der Waals surface area contributed by atoms with Crippen LogP contribution in [0.2, 0.25) is 5.02 Å². The minimum absolute atomic E-state index is 0.307. The van der Waals surface area contributed by atoms with E-state index in [1.54, 1.807) is 11.8 Å². The Morgan fingerprint density at radius 3 is 2.41 bits per heavy atom. The molecule has 1 saturated heterocycles. The summed E-state index contributed by atoms with van der Waals surface area (Å²) in [7, 11) is 0. The number of rotatable bonds is 8. The van der Waals surface area contributed by atoms with Gasteiger partial charge in [-0.05, 0) is 69.6 Å². The van der Waals surface area contributed by atoms with Crippen LogP contribution in [0.5, 0.6) is 0 Å². The molecule has 4 nitrogen and oxygen atoms in total. The van der Waals surface area contributed by atoms with E-state index in [0.717, 1.165) is 52.9 Å². The normalized spacial score (nSPS) is 15.5. The molecule has 1 aliphatic rings. The van der Waals surface area contributed by atoms with Crippen LogP contribution in [0, 0.1) is 0 Å². The van der Waals surface area contributed by atoms with Crippen LogP contribution in [0.3, 0.4) is 0 Å². The summed E-state index contributed by atoms with van der Waals surface area (Å²) in [6.07, 6.45) is 2.93. The van der Waals surface area contributed by atoms with Crippen LogP contribution < -0.4 is 0 Å². The molecule has 29 heavy (non-hydrogen) atoms. The van der Waals surface area contributed by atoms with Gasteiger partial charge in [-0.25, -0.2) is 4.79 Å². The number of halogens is 1. The van der Waals surface area contributed by atoms with Crippen molar-refractivity contribution in [2.45, 2.75) is 43.5 Å². The Bertz CT molecular complexity index is 832. The maximum absolute atomic E-state index is 12.7. The summed E-state index contributed by atoms with van der Waals surface area (Å²) in [5, 5.41) is 5.01. The van der Waals surface area contributed by atoms with Crippen molar-refractivity contribution >= 4 is 35.0 Å². The molecular formula is C23H27ClN2O2S. The summed E-state index contributed by atoms with van der Waals surface area (Å²) < 4.78 is 0. The van der Waals surface area contributed by atoms with E-state index in [4.69, 9.17) is 16.4 Å². The van der Waals surface area contributed by atoms with Crippen molar-refractivity contribution in [3.8, 4) is 0 Å². The summed E-state index contributed by atoms with van der Waals surface area (Å²) in [5.41, 5.74) is 1.08. The number of carbonyl (C=O) groups excluding carboxylic acids is 1. The molecule has 0 aromatic heterocycles. The largest absolute Gasteiger partial charge is 0.354 e. The van der Waals surface area contributed by atoms with Crippen LogP contribution in [-0.4, -0.2) is 41.0 Å². The molecule has 0 atom stereocenters. The van der Waals surface area contributed by atoms with E-state index in [1.165, 1.54) is 0 Å². The van der Waals surface area contributed by atoms with Gasteiger partial charge in [0.05, 0.1) is 5.71 Å². The highest BCUT2D eigenvalue weighted by Crippen LogP contribution is 2.24. The molecule has 1 fully saturated rings. The van der Waals surface area contributed by atoms with Gasteiger partial charge < -0.3 is 4.84 Å². The Labute approximate surface area is 182 Å². The van der Waals surface area contributed by atoms with Gasteiger partial charge in [-0.1, -0.05) is 47.1 Å². The Kier molecular flexibility index (Phi) is 7.76. The standard InChI is InChI=1S/C23H27ClN2O2S/c1-23(2,26-15-6-7-16-26)22(27)28-25-21(18-8-4-3-5-9-18)14-17-29-20-12-10-19(24)11-13-20/h3-5,8-13H,6-7,14-17H2,1-2H3. The fourth-order valence-corrected chi connectivity index (χ4v) is 4.27. The van der Waals surface area contributed by atoms with E-state index in [1.807, 2.05) is 68.4 Å². The molecule has 0 aliphatic carbocycles. The second-order valence-corrected chi connectivity index (χ2v) is 9.19. The molecule has 6 heteroatoms. The van der Waals surface area contributed by atoms with Crippen molar-refractivity contribution in [2.75, 3.05) is 18.8 Å². The zero-order valence-corrected chi connectivity index (χ0v) is 18.5. The van der Waals surface area contributed by atoms with Gasteiger partial charge in [0.25, 0.3) is 0 Å². The molecule has 0 spiro atoms. The summed E-state index contributed by atoms with van der Waals surface area (Å²) in [4.78, 5) is 21.5. The van der Waals surface area contributed by atoms with Gasteiger partial charge in [-0.2, -0.15) is 0 Å². The Balaban J connectivity index is 1.66. The molecule has 1 heterocycles. The Morgan fingerprint density at radius 1 is 1.10 bits per heavy atom. The van der Waals surface area contributed by atoms with Crippen molar-refractivity contribution in [3.63, 3.8) is 0 Å². The van der Waals surface area contributed by atoms with Gasteiger partial charge in [0.1, 0.15) is 5.54 Å². The Morgan fingerprint density at radius 2 is 1.76 bits per heavy atom. The van der Waals surface area contributed by atoms with Crippen LogP contribution in [0.4, 0.5) is 0 Å². The Hall–Kier alpha value is -1.82. The molecule has 0 bridgehead atoms. The third-order valence-electron chi connectivity index (χ3n) is 5.16. The summed E-state index contributed by atoms with van der Waals surface area (Å²) in [5.74, 6) is 0.515. The van der Waals surface area contributed by atoms with E-state index in [2.05, 4.69) is 10.1 Å². The number of nitrogens with zero attached hydrogens (tertiary/aromatic N) is 2. The van der Waals surface area contributed by atoms with E-state index >= 15 is 0 Å². The van der Waals surface area contributed by atoms with Gasteiger partial charge in [0.15, 0.2) is 0 Å². The number of carbonyl (C=O) groups is 1. The molecule has 0 radical (unpaired) electrons. The van der Waals surface area contributed by atoms with Crippen LogP contribution in [0.15, 0.2) is 64.6 Å². The van der Waals surface area contributed by atoms with Crippen LogP contribution in [0.25, 0.3) is 0 Å². The lowest BCUT2D eigenvalue weighted by Gasteiger charge is -2.31. The highest BCUT2D eigenvalue weighted by molar-refractivity contribution is 7.99. The first-order valence-electron chi connectivity index (χ1n) is 9.94. The topological polar surface area (TPSA) is 41.9 Å². The second kappa shape index (κ2) is 10.3. The molecule has 2 aromatic rings. The zero-order chi connectivity index (χ0) is 20.7. The predicted molar refractivity (Wildman–Crippen MR) is 121 cm³/mol. The van der Waals surface area contributed by atoms with Gasteiger partial charge in [0, 0.05) is 22.1 Å². The first-order chi connectivity index (χ1) is 14.0. The number of thioether (sulfide) groups is 1. The number of oxime groups is 1. The van der Waals surface area contributed by atoms with Crippen molar-refractivity contribution < 1.29 is 9.63 Å². The summed E-state index contributed by atoms with van der Waals surface area (Å²) in [6, 6.07) is 17.7. The molecule has 0 amide bonds. The minimum Gasteiger partial charge on any atom is -0.316 e. The molecular weight excluding hydrogens is 404 g/mol. The third kappa shape index (κ3) is 6.08. The average Bonchev–Trinajstić information content (AvgIpc) is 3.28. The summed E-state index contributed by atoms with van der Waals surface area (Å²) in [6.45, 7) is 5.67. The number of benzene rings is 2. The maximum Gasteiger partial charge on any atom is 0.354 e. The lowest BCUT2D eigenvalue weighted by atomic mass is 10.0. The fraction of sp³-hybridized carbons (Fsp3) is 0.391. The van der Waals surface area contributed by atoms with Gasteiger partial charge in [0.2, 0.25) is 0 Å². The SMILES string of the molecule is CC(C)(C(=O)ON=C(CCSc1ccc(Cl)cc1)c1ccccc1)N1CCCC1. The van der Waals surface area contributed by atoms with Crippen LogP contribution in [-0.2, 0) is 9.63 Å². The lowest BCUT2D eigenvalue weighted by Crippen LogP contribution is -2.49. The van der Waals surface area contributed by atoms with Crippen molar-refractivity contribution in [1.29, 1.82) is 0 Å². The monoisotopic (exact) mass is 430 g/mol. The molecule has 1 aliphatic heterocycles. The van der Waals surface area contributed by atoms with E-state index in [9.17, 15) is 4.79 Å². The molecule has 2 aromatic carbocycles. The highest BCUT2D eigenvalue weighted by atomic mass is 35.5. The van der Waals surface area contributed by atoms with Crippen molar-refractivity contribution in [1.82, 2.24) is 4.90 Å². The second-order valence-electron chi connectivity index (χ2n) is 7.59. The third-order valence-corrected chi connectivity index (χ3v) is 6.43. The molecule has 3 rings (SSSR count). The van der Waals surface area contributed by atoms with E-state index in [0.29, 0.717) is 6.42 Å². The highest BCUT2D eigenvalue weighted by Gasteiger charge is 2.38. The van der Waals surface area contributed by atoms with E-state index in [-0.39, 0.29) is 5.97 Å². The van der Waals surface area contributed by atoms with Gasteiger partial charge in [-0.3, -0.25) is 4.90 Å². The van der Waals surface area contributed by atoms with Gasteiger partial charge >= 0.3 is 5.97 Å². The average molecular weight is 431 g/mol.